The summed E-state index contributed by atoms with van der Waals surface area (Å²) in [5.74, 6) is -0.0212. The summed E-state index contributed by atoms with van der Waals surface area (Å²) in [6, 6.07) is -0.544. The molecule has 0 aliphatic heterocycles. The standard InChI is InChI=1S/C81H155NO5/c1-3-5-7-9-11-13-15-17-19-21-22-23-24-32-35-38-42-45-49-53-57-61-65-69-73-79(84)78(77-83)82-80(85)74-70-66-62-58-54-50-46-43-39-36-33-30-28-26-25-27-29-31-34-37-40-44-48-52-56-60-64-68-72-76-87-81(86)75-71-67-63-59-55-51-47-41-20-18-16-14-12-10-8-6-4-2/h18,20,25,27,31,34,78-79,83-84H,3-17,19,21-24,26,28-30,32-33,35-77H2,1-2H3,(H,82,85)/b20-18-,27-25-,34-31-. The van der Waals surface area contributed by atoms with Crippen LogP contribution in [0.25, 0.3) is 0 Å². The number of ether oxygens (including phenoxy) is 1. The van der Waals surface area contributed by atoms with E-state index in [1.165, 1.54) is 360 Å². The number of aliphatic hydroxyl groups is 2. The molecule has 0 aromatic rings. The summed E-state index contributed by atoms with van der Waals surface area (Å²) < 4.78 is 5.50. The van der Waals surface area contributed by atoms with E-state index in [1.807, 2.05) is 0 Å². The Hall–Kier alpha value is -1.92. The Morgan fingerprint density at radius 3 is 0.885 bits per heavy atom. The summed E-state index contributed by atoms with van der Waals surface area (Å²) in [6.07, 6.45) is 99.4. The minimum absolute atomic E-state index is 0.00959. The smallest absolute Gasteiger partial charge is 0.305 e. The number of aliphatic hydroxyl groups excluding tert-OH is 2. The molecule has 1 amide bonds. The Balaban J connectivity index is 3.40. The molecular weight excluding hydrogens is 1070 g/mol. The number of carbonyl (C=O) groups is 2. The molecule has 0 radical (unpaired) electrons. The Morgan fingerprint density at radius 1 is 0.322 bits per heavy atom. The zero-order valence-corrected chi connectivity index (χ0v) is 59.0. The van der Waals surface area contributed by atoms with Gasteiger partial charge < -0.3 is 20.3 Å². The van der Waals surface area contributed by atoms with E-state index in [1.54, 1.807) is 0 Å². The molecule has 0 heterocycles. The Labute approximate surface area is 544 Å². The third-order valence-electron chi connectivity index (χ3n) is 18.7. The summed E-state index contributed by atoms with van der Waals surface area (Å²) in [7, 11) is 0. The van der Waals surface area contributed by atoms with Crippen molar-refractivity contribution in [2.45, 2.75) is 456 Å². The first-order valence-corrected chi connectivity index (χ1v) is 39.7. The molecule has 6 nitrogen and oxygen atoms in total. The highest BCUT2D eigenvalue weighted by atomic mass is 16.5. The van der Waals surface area contributed by atoms with Crippen LogP contribution >= 0.6 is 0 Å². The van der Waals surface area contributed by atoms with Crippen LogP contribution < -0.4 is 5.32 Å². The fraction of sp³-hybridized carbons (Fsp3) is 0.901. The number of amides is 1. The van der Waals surface area contributed by atoms with Crippen LogP contribution in [0.4, 0.5) is 0 Å². The maximum Gasteiger partial charge on any atom is 0.305 e. The molecule has 0 saturated heterocycles. The van der Waals surface area contributed by atoms with Crippen molar-refractivity contribution >= 4 is 11.9 Å². The van der Waals surface area contributed by atoms with Gasteiger partial charge >= 0.3 is 5.97 Å². The molecule has 3 N–H and O–H groups in total. The van der Waals surface area contributed by atoms with Gasteiger partial charge in [0.1, 0.15) is 0 Å². The lowest BCUT2D eigenvalue weighted by atomic mass is 10.0. The van der Waals surface area contributed by atoms with E-state index < -0.39 is 12.1 Å². The van der Waals surface area contributed by atoms with Crippen LogP contribution in [0.3, 0.4) is 0 Å². The van der Waals surface area contributed by atoms with Gasteiger partial charge in [0.15, 0.2) is 0 Å². The van der Waals surface area contributed by atoms with Crippen LogP contribution in [-0.2, 0) is 14.3 Å². The first-order valence-electron chi connectivity index (χ1n) is 39.7. The van der Waals surface area contributed by atoms with Crippen molar-refractivity contribution in [3.05, 3.63) is 36.5 Å². The number of carbonyl (C=O) groups excluding carboxylic acids is 2. The maximum absolute atomic E-state index is 12.6. The number of hydrogen-bond acceptors (Lipinski definition) is 5. The third kappa shape index (κ3) is 73.0. The Kier molecular flexibility index (Phi) is 74.8. The van der Waals surface area contributed by atoms with Gasteiger partial charge in [-0.1, -0.05) is 384 Å². The number of rotatable bonds is 75. The maximum atomic E-state index is 12.6. The van der Waals surface area contributed by atoms with Crippen LogP contribution in [0.2, 0.25) is 0 Å². The van der Waals surface area contributed by atoms with E-state index in [0.717, 1.165) is 51.4 Å². The fourth-order valence-electron chi connectivity index (χ4n) is 12.6. The molecule has 2 atom stereocenters. The molecule has 0 bridgehead atoms. The number of esters is 1. The van der Waals surface area contributed by atoms with Crippen molar-refractivity contribution in [2.75, 3.05) is 13.2 Å². The molecule has 87 heavy (non-hydrogen) atoms. The number of hydrogen-bond donors (Lipinski definition) is 3. The monoisotopic (exact) mass is 1220 g/mol. The van der Waals surface area contributed by atoms with Crippen molar-refractivity contribution in [3.8, 4) is 0 Å². The van der Waals surface area contributed by atoms with Crippen molar-refractivity contribution in [2.24, 2.45) is 0 Å². The topological polar surface area (TPSA) is 95.9 Å². The summed E-state index contributed by atoms with van der Waals surface area (Å²) in [4.78, 5) is 24.7. The molecule has 0 aliphatic carbocycles. The van der Waals surface area contributed by atoms with Crippen molar-refractivity contribution in [1.82, 2.24) is 5.32 Å². The summed E-state index contributed by atoms with van der Waals surface area (Å²) >= 11 is 0. The molecule has 0 spiro atoms. The van der Waals surface area contributed by atoms with Crippen LogP contribution in [-0.4, -0.2) is 47.4 Å². The lowest BCUT2D eigenvalue weighted by molar-refractivity contribution is -0.143. The molecule has 2 unspecified atom stereocenters. The third-order valence-corrected chi connectivity index (χ3v) is 18.7. The Bertz CT molecular complexity index is 1410. The van der Waals surface area contributed by atoms with Crippen LogP contribution in [0, 0.1) is 0 Å². The Morgan fingerprint density at radius 2 is 0.575 bits per heavy atom. The predicted molar refractivity (Wildman–Crippen MR) is 384 cm³/mol. The van der Waals surface area contributed by atoms with Crippen molar-refractivity contribution in [1.29, 1.82) is 0 Å². The first-order chi connectivity index (χ1) is 43.0. The lowest BCUT2D eigenvalue weighted by Crippen LogP contribution is -2.45. The summed E-state index contributed by atoms with van der Waals surface area (Å²) in [5.41, 5.74) is 0. The van der Waals surface area contributed by atoms with Gasteiger partial charge in [0.25, 0.3) is 0 Å². The number of unbranched alkanes of at least 4 members (excludes halogenated alkanes) is 58. The average Bonchev–Trinajstić information content (AvgIpc) is 3.57. The normalized spacial score (nSPS) is 12.6. The van der Waals surface area contributed by atoms with Gasteiger partial charge in [-0.05, 0) is 83.5 Å². The molecule has 0 aromatic carbocycles. The fourth-order valence-corrected chi connectivity index (χ4v) is 12.6. The summed E-state index contributed by atoms with van der Waals surface area (Å²) in [5, 5.41) is 23.5. The molecule has 0 aliphatic rings. The first kappa shape index (κ1) is 85.1. The number of nitrogens with one attached hydrogen (secondary N) is 1. The SMILES string of the molecule is CCCCCCCC/C=C\CCCCCCCCCC(=O)OCCCCCCCCCCC/C=C\C/C=C\CCCCCCCCCCCCCCCC(=O)NC(CO)C(O)CCCCCCCCCCCCCCCCCCCCCCCCCC. The second kappa shape index (κ2) is 76.5. The molecule has 0 aromatic heterocycles. The van der Waals surface area contributed by atoms with Gasteiger partial charge in [-0.15, -0.1) is 0 Å². The van der Waals surface area contributed by atoms with E-state index in [9.17, 15) is 19.8 Å². The van der Waals surface area contributed by atoms with E-state index >= 15 is 0 Å². The lowest BCUT2D eigenvalue weighted by Gasteiger charge is -2.22. The van der Waals surface area contributed by atoms with E-state index in [0.29, 0.717) is 25.9 Å². The largest absolute Gasteiger partial charge is 0.466 e. The molecule has 514 valence electrons. The van der Waals surface area contributed by atoms with Gasteiger partial charge in [0.05, 0.1) is 25.4 Å². The summed E-state index contributed by atoms with van der Waals surface area (Å²) in [6.45, 7) is 4.99. The number of allylic oxidation sites excluding steroid dienone is 6. The average molecular weight is 1220 g/mol. The van der Waals surface area contributed by atoms with E-state index in [-0.39, 0.29) is 18.5 Å². The quantitative estimate of drug-likeness (QED) is 0.0320. The van der Waals surface area contributed by atoms with Gasteiger partial charge in [0, 0.05) is 12.8 Å². The minimum atomic E-state index is -0.667. The van der Waals surface area contributed by atoms with Crippen molar-refractivity contribution < 1.29 is 24.5 Å². The highest BCUT2D eigenvalue weighted by Gasteiger charge is 2.20. The van der Waals surface area contributed by atoms with E-state index in [2.05, 4.69) is 55.6 Å². The van der Waals surface area contributed by atoms with Gasteiger partial charge in [0.2, 0.25) is 5.91 Å². The highest BCUT2D eigenvalue weighted by Crippen LogP contribution is 2.20. The molecule has 0 rings (SSSR count). The zero-order chi connectivity index (χ0) is 62.8. The molecule has 0 fully saturated rings. The van der Waals surface area contributed by atoms with Gasteiger partial charge in [-0.25, -0.2) is 0 Å². The van der Waals surface area contributed by atoms with Gasteiger partial charge in [-0.3, -0.25) is 9.59 Å². The van der Waals surface area contributed by atoms with E-state index in [4.69, 9.17) is 4.74 Å². The molecule has 0 saturated carbocycles. The second-order valence-corrected chi connectivity index (χ2v) is 27.4. The van der Waals surface area contributed by atoms with Crippen LogP contribution in [0.1, 0.15) is 444 Å². The molecule has 6 heteroatoms. The predicted octanol–water partition coefficient (Wildman–Crippen LogP) is 26.2. The molecular formula is C81H155NO5. The van der Waals surface area contributed by atoms with Crippen LogP contribution in [0.5, 0.6) is 0 Å². The van der Waals surface area contributed by atoms with Crippen molar-refractivity contribution in [3.63, 3.8) is 0 Å². The zero-order valence-electron chi connectivity index (χ0n) is 59.0. The van der Waals surface area contributed by atoms with Gasteiger partial charge in [-0.2, -0.15) is 0 Å². The minimum Gasteiger partial charge on any atom is -0.466 e. The van der Waals surface area contributed by atoms with Crippen LogP contribution in [0.15, 0.2) is 36.5 Å². The second-order valence-electron chi connectivity index (χ2n) is 27.4. The highest BCUT2D eigenvalue weighted by molar-refractivity contribution is 5.76.